The number of thioether (sulfide) groups is 1. The molecule has 0 radical (unpaired) electrons. The third-order valence-corrected chi connectivity index (χ3v) is 6.77. The predicted molar refractivity (Wildman–Crippen MR) is 129 cm³/mol. The van der Waals surface area contributed by atoms with Gasteiger partial charge in [0, 0.05) is 29.9 Å². The van der Waals surface area contributed by atoms with E-state index >= 15 is 0 Å². The van der Waals surface area contributed by atoms with Crippen molar-refractivity contribution in [2.75, 3.05) is 39.2 Å². The van der Waals surface area contributed by atoms with Crippen molar-refractivity contribution in [2.24, 2.45) is 5.92 Å². The molecule has 0 saturated heterocycles. The summed E-state index contributed by atoms with van der Waals surface area (Å²) in [6.07, 6.45) is -0.969. The second-order valence-electron chi connectivity index (χ2n) is 8.27. The van der Waals surface area contributed by atoms with E-state index in [1.807, 2.05) is 56.6 Å². The van der Waals surface area contributed by atoms with E-state index in [0.29, 0.717) is 17.3 Å². The Morgan fingerprint density at radius 1 is 1.22 bits per heavy atom. The Morgan fingerprint density at radius 3 is 2.50 bits per heavy atom. The number of hydrogen-bond acceptors (Lipinski definition) is 6. The fourth-order valence-electron chi connectivity index (χ4n) is 3.91. The molecule has 172 valence electrons. The summed E-state index contributed by atoms with van der Waals surface area (Å²) >= 11 is 7.82. The Bertz CT molecular complexity index is 967. The van der Waals surface area contributed by atoms with Crippen molar-refractivity contribution in [1.82, 2.24) is 4.90 Å². The zero-order valence-electron chi connectivity index (χ0n) is 19.0. The van der Waals surface area contributed by atoms with Gasteiger partial charge < -0.3 is 19.3 Å². The first-order valence-electron chi connectivity index (χ1n) is 10.4. The third kappa shape index (κ3) is 5.77. The van der Waals surface area contributed by atoms with Crippen LogP contribution in [0.1, 0.15) is 24.7 Å². The van der Waals surface area contributed by atoms with E-state index in [9.17, 15) is 9.59 Å². The fraction of sp³-hybridized carbons (Fsp3) is 0.417. The monoisotopic (exact) mass is 476 g/mol. The largest absolute Gasteiger partial charge is 0.497 e. The molecule has 1 unspecified atom stereocenters. The van der Waals surface area contributed by atoms with Gasteiger partial charge in [0.05, 0.1) is 18.0 Å². The Balaban J connectivity index is 2.08. The molecule has 3 rings (SSSR count). The summed E-state index contributed by atoms with van der Waals surface area (Å²) in [6, 6.07) is 13.0. The maximum atomic E-state index is 13.8. The third-order valence-electron chi connectivity index (χ3n) is 5.16. The van der Waals surface area contributed by atoms with Crippen molar-refractivity contribution in [3.05, 3.63) is 53.1 Å². The van der Waals surface area contributed by atoms with Gasteiger partial charge in [-0.15, -0.1) is 11.8 Å². The van der Waals surface area contributed by atoms with Crippen molar-refractivity contribution >= 4 is 40.9 Å². The number of fused-ring (bicyclic) bond motifs is 1. The summed E-state index contributed by atoms with van der Waals surface area (Å²) in [7, 11) is 5.61. The van der Waals surface area contributed by atoms with E-state index in [4.69, 9.17) is 21.1 Å². The topological polar surface area (TPSA) is 59.1 Å². The van der Waals surface area contributed by atoms with E-state index in [0.717, 1.165) is 22.7 Å². The number of benzene rings is 2. The minimum Gasteiger partial charge on any atom is -0.497 e. The Morgan fingerprint density at radius 2 is 1.91 bits per heavy atom. The quantitative estimate of drug-likeness (QED) is 0.542. The molecule has 0 aliphatic carbocycles. The number of amides is 1. The first-order chi connectivity index (χ1) is 15.2. The van der Waals surface area contributed by atoms with Crippen molar-refractivity contribution in [3.63, 3.8) is 0 Å². The number of carbonyl (C=O) groups excluding carboxylic acids is 2. The highest BCUT2D eigenvalue weighted by molar-refractivity contribution is 7.99. The number of methoxy groups -OCH3 is 1. The van der Waals surface area contributed by atoms with Crippen molar-refractivity contribution in [3.8, 4) is 5.75 Å². The van der Waals surface area contributed by atoms with E-state index in [1.165, 1.54) is 18.7 Å². The molecule has 0 saturated carbocycles. The number of halogens is 1. The van der Waals surface area contributed by atoms with Gasteiger partial charge in [0.1, 0.15) is 5.75 Å². The van der Waals surface area contributed by atoms with Gasteiger partial charge in [-0.2, -0.15) is 0 Å². The summed E-state index contributed by atoms with van der Waals surface area (Å²) in [4.78, 5) is 30.6. The highest BCUT2D eigenvalue weighted by Crippen LogP contribution is 2.47. The number of hydrogen-bond donors (Lipinski definition) is 0. The number of nitrogens with zero attached hydrogens (tertiary/aromatic N) is 2. The minimum absolute atomic E-state index is 0.196. The molecule has 1 aliphatic rings. The van der Waals surface area contributed by atoms with Gasteiger partial charge in [-0.1, -0.05) is 30.7 Å². The van der Waals surface area contributed by atoms with Crippen LogP contribution < -0.4 is 9.64 Å². The second-order valence-corrected chi connectivity index (χ2v) is 9.89. The van der Waals surface area contributed by atoms with E-state index in [-0.39, 0.29) is 11.8 Å². The lowest BCUT2D eigenvalue weighted by molar-refractivity contribution is -0.152. The van der Waals surface area contributed by atoms with Gasteiger partial charge in [0.2, 0.25) is 0 Å². The maximum Gasteiger partial charge on any atom is 0.303 e. The molecule has 0 bridgehead atoms. The average molecular weight is 477 g/mol. The molecule has 1 heterocycles. The summed E-state index contributed by atoms with van der Waals surface area (Å²) in [6.45, 7) is 4.72. The molecule has 0 N–H and O–H groups in total. The van der Waals surface area contributed by atoms with Crippen LogP contribution in [-0.2, 0) is 14.3 Å². The first-order valence-corrected chi connectivity index (χ1v) is 11.7. The molecule has 8 heteroatoms. The fourth-order valence-corrected chi connectivity index (χ4v) is 5.38. The van der Waals surface area contributed by atoms with Gasteiger partial charge >= 0.3 is 5.97 Å². The van der Waals surface area contributed by atoms with Gasteiger partial charge in [-0.05, 0) is 55.9 Å². The smallest absolute Gasteiger partial charge is 0.303 e. The molecule has 2 aromatic carbocycles. The Hall–Kier alpha value is -2.22. The van der Waals surface area contributed by atoms with Crippen molar-refractivity contribution in [1.29, 1.82) is 0 Å². The first kappa shape index (κ1) is 24.4. The summed E-state index contributed by atoms with van der Waals surface area (Å²) in [5, 5.41) is 0.140. The Labute approximate surface area is 198 Å². The Kier molecular flexibility index (Phi) is 8.09. The van der Waals surface area contributed by atoms with Crippen molar-refractivity contribution < 1.29 is 19.1 Å². The number of anilines is 1. The van der Waals surface area contributed by atoms with Crippen LogP contribution in [0, 0.1) is 5.92 Å². The molecule has 2 aromatic rings. The standard InChI is InChI=1S/C24H29ClN2O4S/c1-15(13-26(3)4)14-27-20-12-18(25)8-11-21(20)32-23(22(24(27)29)31-16(2)28)17-6-9-19(30-5)10-7-17/h6-12,15,22-23H,13-14H2,1-5H3/t15?,22-,23+/m1/s1. The second kappa shape index (κ2) is 10.6. The van der Waals surface area contributed by atoms with Crippen LogP contribution in [0.5, 0.6) is 5.75 Å². The molecule has 0 spiro atoms. The van der Waals surface area contributed by atoms with E-state index in [1.54, 1.807) is 12.0 Å². The number of ether oxygens (including phenoxy) is 2. The SMILES string of the molecule is COc1ccc([C@@H]2Sc3ccc(Cl)cc3N(CC(C)CN(C)C)C(=O)[C@@H]2OC(C)=O)cc1. The lowest BCUT2D eigenvalue weighted by atomic mass is 10.0. The summed E-state index contributed by atoms with van der Waals surface area (Å²) in [5.41, 5.74) is 1.62. The van der Waals surface area contributed by atoms with Crippen LogP contribution >= 0.6 is 23.4 Å². The molecule has 6 nitrogen and oxygen atoms in total. The molecule has 3 atom stereocenters. The molecule has 1 amide bonds. The van der Waals surface area contributed by atoms with Crippen LogP contribution in [-0.4, -0.2) is 57.2 Å². The predicted octanol–water partition coefficient (Wildman–Crippen LogP) is 4.66. The lowest BCUT2D eigenvalue weighted by Crippen LogP contribution is -2.45. The van der Waals surface area contributed by atoms with Crippen LogP contribution in [0.25, 0.3) is 0 Å². The van der Waals surface area contributed by atoms with Crippen LogP contribution in [0.2, 0.25) is 5.02 Å². The van der Waals surface area contributed by atoms with Gasteiger partial charge in [-0.3, -0.25) is 9.59 Å². The summed E-state index contributed by atoms with van der Waals surface area (Å²) in [5.74, 6) is 0.170. The van der Waals surface area contributed by atoms with Crippen LogP contribution in [0.15, 0.2) is 47.4 Å². The highest BCUT2D eigenvalue weighted by Gasteiger charge is 2.41. The van der Waals surface area contributed by atoms with Gasteiger partial charge in [0.15, 0.2) is 6.10 Å². The number of carbonyl (C=O) groups is 2. The molecule has 1 aliphatic heterocycles. The van der Waals surface area contributed by atoms with E-state index in [2.05, 4.69) is 11.8 Å². The highest BCUT2D eigenvalue weighted by atomic mass is 35.5. The maximum absolute atomic E-state index is 13.8. The number of esters is 1. The van der Waals surface area contributed by atoms with Gasteiger partial charge in [-0.25, -0.2) is 0 Å². The zero-order chi connectivity index (χ0) is 23.4. The molecular weight excluding hydrogens is 448 g/mol. The average Bonchev–Trinajstić information content (AvgIpc) is 2.83. The summed E-state index contributed by atoms with van der Waals surface area (Å²) < 4.78 is 10.9. The molecule has 32 heavy (non-hydrogen) atoms. The number of rotatable bonds is 7. The van der Waals surface area contributed by atoms with E-state index < -0.39 is 17.3 Å². The molecule has 0 aromatic heterocycles. The van der Waals surface area contributed by atoms with Crippen molar-refractivity contribution in [2.45, 2.75) is 30.1 Å². The molecule has 0 fully saturated rings. The lowest BCUT2D eigenvalue weighted by Gasteiger charge is -2.30. The van der Waals surface area contributed by atoms with Gasteiger partial charge in [0.25, 0.3) is 5.91 Å². The van der Waals surface area contributed by atoms with Crippen LogP contribution in [0.3, 0.4) is 0 Å². The minimum atomic E-state index is -0.969. The zero-order valence-corrected chi connectivity index (χ0v) is 20.6. The molecular formula is C24H29ClN2O4S. The van der Waals surface area contributed by atoms with Crippen LogP contribution in [0.4, 0.5) is 5.69 Å². The normalized spacial score (nSPS) is 19.3.